The number of carbonyl (C=O) groups is 1. The van der Waals surface area contributed by atoms with Gasteiger partial charge in [-0.1, -0.05) is 0 Å². The molecule has 1 N–H and O–H groups in total. The lowest BCUT2D eigenvalue weighted by Gasteiger charge is -2.04. The van der Waals surface area contributed by atoms with Gasteiger partial charge in [-0.05, 0) is 0 Å². The molecule has 0 aromatic carbocycles. The minimum Gasteiger partial charge on any atom is -0.469 e. The van der Waals surface area contributed by atoms with Crippen LogP contribution in [0.5, 0.6) is 0 Å². The van der Waals surface area contributed by atoms with E-state index in [0.717, 1.165) is 0 Å². The van der Waals surface area contributed by atoms with Gasteiger partial charge in [-0.2, -0.15) is 0 Å². The molecule has 5 heteroatoms. The molecule has 1 heterocycles. The number of aryl methyl sites for hydroxylation is 1. The first kappa shape index (κ1) is 9.73. The Morgan fingerprint density at radius 3 is 3.15 bits per heavy atom. The molecule has 0 bridgehead atoms. The van der Waals surface area contributed by atoms with Gasteiger partial charge in [0, 0.05) is 18.9 Å². The molecule has 0 unspecified atom stereocenters. The zero-order valence-electron chi connectivity index (χ0n) is 7.43. The van der Waals surface area contributed by atoms with Crippen LogP contribution in [0.1, 0.15) is 12.2 Å². The van der Waals surface area contributed by atoms with Crippen LogP contribution in [0.4, 0.5) is 0 Å². The Hall–Kier alpha value is -1.36. The van der Waals surface area contributed by atoms with E-state index in [4.69, 9.17) is 5.11 Å². The molecule has 13 heavy (non-hydrogen) atoms. The van der Waals surface area contributed by atoms with Gasteiger partial charge >= 0.3 is 5.97 Å². The molecule has 0 radical (unpaired) electrons. The number of esters is 1. The smallest absolute Gasteiger partial charge is 0.307 e. The first-order chi connectivity index (χ1) is 6.27. The van der Waals surface area contributed by atoms with Gasteiger partial charge in [0.05, 0.1) is 13.5 Å². The molecular weight excluding hydrogens is 172 g/mol. The van der Waals surface area contributed by atoms with E-state index >= 15 is 0 Å². The van der Waals surface area contributed by atoms with Gasteiger partial charge in [-0.15, -0.1) is 0 Å². The number of carbonyl (C=O) groups excluding carboxylic acids is 1. The zero-order valence-corrected chi connectivity index (χ0v) is 7.43. The van der Waals surface area contributed by atoms with Crippen LogP contribution in [0.2, 0.25) is 0 Å². The van der Waals surface area contributed by atoms with E-state index in [1.807, 2.05) is 0 Å². The van der Waals surface area contributed by atoms with E-state index < -0.39 is 0 Å². The Bertz CT molecular complexity index is 283. The summed E-state index contributed by atoms with van der Waals surface area (Å²) in [7, 11) is 1.35. The summed E-state index contributed by atoms with van der Waals surface area (Å²) in [5, 5.41) is 8.83. The molecule has 0 saturated carbocycles. The predicted molar refractivity (Wildman–Crippen MR) is 44.8 cm³/mol. The molecule has 1 aromatic heterocycles. The minimum absolute atomic E-state index is 0.117. The first-order valence-electron chi connectivity index (χ1n) is 3.95. The van der Waals surface area contributed by atoms with Crippen molar-refractivity contribution in [2.75, 3.05) is 7.11 Å². The summed E-state index contributed by atoms with van der Waals surface area (Å²) in [6.07, 6.45) is 3.59. The highest BCUT2D eigenvalue weighted by Crippen LogP contribution is 1.99. The Morgan fingerprint density at radius 2 is 2.54 bits per heavy atom. The average molecular weight is 184 g/mol. The fourth-order valence-electron chi connectivity index (χ4n) is 1.01. The molecule has 0 aliphatic heterocycles. The zero-order chi connectivity index (χ0) is 9.68. The molecule has 0 amide bonds. The van der Waals surface area contributed by atoms with Crippen molar-refractivity contribution in [1.82, 2.24) is 9.55 Å². The maximum Gasteiger partial charge on any atom is 0.307 e. The number of rotatable bonds is 4. The quantitative estimate of drug-likeness (QED) is 0.666. The Labute approximate surface area is 76.0 Å². The minimum atomic E-state index is -0.266. The van der Waals surface area contributed by atoms with Crippen LogP contribution in [-0.4, -0.2) is 27.7 Å². The molecule has 1 rings (SSSR count). The number of imidazole rings is 1. The molecule has 0 fully saturated rings. The van der Waals surface area contributed by atoms with E-state index in [1.165, 1.54) is 7.11 Å². The van der Waals surface area contributed by atoms with Crippen molar-refractivity contribution in [2.24, 2.45) is 0 Å². The molecule has 72 valence electrons. The van der Waals surface area contributed by atoms with Gasteiger partial charge < -0.3 is 14.4 Å². The van der Waals surface area contributed by atoms with Gasteiger partial charge in [-0.3, -0.25) is 4.79 Å². The second-order valence-electron chi connectivity index (χ2n) is 2.52. The van der Waals surface area contributed by atoms with E-state index in [-0.39, 0.29) is 12.6 Å². The number of nitrogens with zero attached hydrogens (tertiary/aromatic N) is 2. The normalized spacial score (nSPS) is 10.0. The number of ether oxygens (including phenoxy) is 1. The third-order valence-electron chi connectivity index (χ3n) is 1.73. The number of hydrogen-bond acceptors (Lipinski definition) is 4. The van der Waals surface area contributed by atoms with Crippen molar-refractivity contribution in [3.63, 3.8) is 0 Å². The van der Waals surface area contributed by atoms with Crippen molar-refractivity contribution >= 4 is 5.97 Å². The van der Waals surface area contributed by atoms with E-state index in [0.29, 0.717) is 18.8 Å². The van der Waals surface area contributed by atoms with Gasteiger partial charge in [-0.25, -0.2) is 4.98 Å². The first-order valence-corrected chi connectivity index (χ1v) is 3.95. The standard InChI is InChI=1S/C8H12N2O3/c1-13-8(12)2-4-10-5-3-9-7(10)6-11/h3,5,11H,2,4,6H2,1H3. The highest BCUT2D eigenvalue weighted by Gasteiger charge is 2.04. The van der Waals surface area contributed by atoms with Crippen LogP contribution < -0.4 is 0 Å². The second kappa shape index (κ2) is 4.61. The highest BCUT2D eigenvalue weighted by molar-refractivity contribution is 5.68. The monoisotopic (exact) mass is 184 g/mol. The lowest BCUT2D eigenvalue weighted by atomic mass is 10.4. The lowest BCUT2D eigenvalue weighted by molar-refractivity contribution is -0.140. The SMILES string of the molecule is COC(=O)CCn1ccnc1CO. The molecule has 0 aliphatic carbocycles. The molecule has 0 aliphatic rings. The lowest BCUT2D eigenvalue weighted by Crippen LogP contribution is -2.09. The highest BCUT2D eigenvalue weighted by atomic mass is 16.5. The maximum absolute atomic E-state index is 10.8. The summed E-state index contributed by atoms with van der Waals surface area (Å²) in [6, 6.07) is 0. The number of methoxy groups -OCH3 is 1. The van der Waals surface area contributed by atoms with Gasteiger partial charge in [0.15, 0.2) is 0 Å². The summed E-state index contributed by atoms with van der Waals surface area (Å²) in [6.45, 7) is 0.372. The van der Waals surface area contributed by atoms with E-state index in [9.17, 15) is 4.79 Å². The van der Waals surface area contributed by atoms with Crippen LogP contribution in [0.3, 0.4) is 0 Å². The molecule has 0 saturated heterocycles. The van der Waals surface area contributed by atoms with Crippen LogP contribution >= 0.6 is 0 Å². The van der Waals surface area contributed by atoms with Crippen molar-refractivity contribution in [1.29, 1.82) is 0 Å². The van der Waals surface area contributed by atoms with Crippen molar-refractivity contribution in [2.45, 2.75) is 19.6 Å². The molecular formula is C8H12N2O3. The molecule has 1 aromatic rings. The average Bonchev–Trinajstić information content (AvgIpc) is 2.61. The molecule has 0 atom stereocenters. The van der Waals surface area contributed by atoms with E-state index in [2.05, 4.69) is 9.72 Å². The number of aliphatic hydroxyl groups is 1. The Balaban J connectivity index is 2.49. The Morgan fingerprint density at radius 1 is 1.77 bits per heavy atom. The third-order valence-corrected chi connectivity index (χ3v) is 1.73. The predicted octanol–water partition coefficient (Wildman–Crippen LogP) is -0.0615. The number of hydrogen-bond donors (Lipinski definition) is 1. The largest absolute Gasteiger partial charge is 0.469 e. The Kier molecular flexibility index (Phi) is 3.45. The van der Waals surface area contributed by atoms with Crippen LogP contribution in [-0.2, 0) is 22.7 Å². The topological polar surface area (TPSA) is 64.4 Å². The van der Waals surface area contributed by atoms with Crippen molar-refractivity contribution in [3.05, 3.63) is 18.2 Å². The fraction of sp³-hybridized carbons (Fsp3) is 0.500. The second-order valence-corrected chi connectivity index (χ2v) is 2.52. The summed E-state index contributed by atoms with van der Waals surface area (Å²) in [4.78, 5) is 14.7. The van der Waals surface area contributed by atoms with Crippen molar-refractivity contribution in [3.8, 4) is 0 Å². The van der Waals surface area contributed by atoms with Gasteiger partial charge in [0.1, 0.15) is 12.4 Å². The van der Waals surface area contributed by atoms with Crippen LogP contribution in [0.15, 0.2) is 12.4 Å². The van der Waals surface area contributed by atoms with Gasteiger partial charge in [0.2, 0.25) is 0 Å². The van der Waals surface area contributed by atoms with Crippen LogP contribution in [0, 0.1) is 0 Å². The summed E-state index contributed by atoms with van der Waals surface area (Å²) in [5.41, 5.74) is 0. The van der Waals surface area contributed by atoms with Gasteiger partial charge in [0.25, 0.3) is 0 Å². The third kappa shape index (κ3) is 2.55. The molecule has 0 spiro atoms. The van der Waals surface area contributed by atoms with Crippen molar-refractivity contribution < 1.29 is 14.6 Å². The summed E-state index contributed by atoms with van der Waals surface area (Å²) >= 11 is 0. The maximum atomic E-state index is 10.8. The fourth-order valence-corrected chi connectivity index (χ4v) is 1.01. The molecule has 5 nitrogen and oxygen atoms in total. The van der Waals surface area contributed by atoms with E-state index in [1.54, 1.807) is 17.0 Å². The number of aromatic nitrogens is 2. The summed E-state index contributed by atoms with van der Waals surface area (Å²) < 4.78 is 6.21. The number of aliphatic hydroxyl groups excluding tert-OH is 1. The van der Waals surface area contributed by atoms with Crippen LogP contribution in [0.25, 0.3) is 0 Å². The summed E-state index contributed by atoms with van der Waals surface area (Å²) in [5.74, 6) is 0.293.